The van der Waals surface area contributed by atoms with E-state index in [4.69, 9.17) is 17.3 Å². The lowest BCUT2D eigenvalue weighted by atomic mass is 10.1. The van der Waals surface area contributed by atoms with Crippen LogP contribution < -0.4 is 10.6 Å². The first-order valence-corrected chi connectivity index (χ1v) is 6.73. The number of aryl methyl sites for hydroxylation is 1. The Bertz CT molecular complexity index is 566. The molecule has 2 N–H and O–H groups in total. The van der Waals surface area contributed by atoms with Gasteiger partial charge < -0.3 is 10.6 Å². The fraction of sp³-hybridized carbons (Fsp3) is 0.250. The molecule has 0 unspecified atom stereocenters. The fourth-order valence-corrected chi connectivity index (χ4v) is 2.46. The third-order valence-corrected chi connectivity index (χ3v) is 3.63. The number of benzene rings is 2. The Labute approximate surface area is 119 Å². The minimum Gasteiger partial charge on any atom is -0.369 e. The summed E-state index contributed by atoms with van der Waals surface area (Å²) in [5.41, 5.74) is 10.3. The molecule has 0 saturated heterocycles. The SMILES string of the molecule is Cc1ccccc1CN(C)c1ccc(CN)cc1Cl. The number of rotatable bonds is 4. The number of hydrogen-bond acceptors (Lipinski definition) is 2. The molecule has 0 aromatic heterocycles. The van der Waals surface area contributed by atoms with Crippen molar-refractivity contribution in [2.24, 2.45) is 5.73 Å². The summed E-state index contributed by atoms with van der Waals surface area (Å²) in [5.74, 6) is 0. The second-order valence-electron chi connectivity index (χ2n) is 4.77. The van der Waals surface area contributed by atoms with E-state index >= 15 is 0 Å². The van der Waals surface area contributed by atoms with E-state index in [1.54, 1.807) is 0 Å². The van der Waals surface area contributed by atoms with Gasteiger partial charge >= 0.3 is 0 Å². The standard InChI is InChI=1S/C16H19ClN2/c1-12-5-3-4-6-14(12)11-19(2)16-8-7-13(10-18)9-15(16)17/h3-9H,10-11,18H2,1-2H3. The fourth-order valence-electron chi connectivity index (χ4n) is 2.12. The Morgan fingerprint density at radius 2 is 1.89 bits per heavy atom. The van der Waals surface area contributed by atoms with E-state index in [-0.39, 0.29) is 0 Å². The molecule has 0 fully saturated rings. The van der Waals surface area contributed by atoms with Crippen LogP contribution >= 0.6 is 11.6 Å². The van der Waals surface area contributed by atoms with Crippen molar-refractivity contribution in [3.8, 4) is 0 Å². The molecular weight excluding hydrogens is 256 g/mol. The van der Waals surface area contributed by atoms with Crippen LogP contribution in [0, 0.1) is 6.92 Å². The van der Waals surface area contributed by atoms with Crippen LogP contribution in [0.25, 0.3) is 0 Å². The average Bonchev–Trinajstić information content (AvgIpc) is 2.41. The number of hydrogen-bond donors (Lipinski definition) is 1. The topological polar surface area (TPSA) is 29.3 Å². The highest BCUT2D eigenvalue weighted by atomic mass is 35.5. The minimum atomic E-state index is 0.515. The highest BCUT2D eigenvalue weighted by molar-refractivity contribution is 6.33. The van der Waals surface area contributed by atoms with Gasteiger partial charge in [-0.1, -0.05) is 41.9 Å². The first kappa shape index (κ1) is 13.9. The summed E-state index contributed by atoms with van der Waals surface area (Å²) >= 11 is 6.31. The Kier molecular flexibility index (Phi) is 4.46. The lowest BCUT2D eigenvalue weighted by molar-refractivity contribution is 0.913. The zero-order valence-corrected chi connectivity index (χ0v) is 12.1. The predicted molar refractivity (Wildman–Crippen MR) is 82.6 cm³/mol. The number of anilines is 1. The lowest BCUT2D eigenvalue weighted by Gasteiger charge is -2.22. The third-order valence-electron chi connectivity index (χ3n) is 3.33. The third kappa shape index (κ3) is 3.28. The van der Waals surface area contributed by atoms with Crippen molar-refractivity contribution >= 4 is 17.3 Å². The van der Waals surface area contributed by atoms with E-state index in [1.165, 1.54) is 11.1 Å². The van der Waals surface area contributed by atoms with Gasteiger partial charge in [-0.2, -0.15) is 0 Å². The van der Waals surface area contributed by atoms with Gasteiger partial charge in [-0.3, -0.25) is 0 Å². The number of nitrogens with two attached hydrogens (primary N) is 1. The van der Waals surface area contributed by atoms with E-state index < -0.39 is 0 Å². The van der Waals surface area contributed by atoms with Crippen LogP contribution in [0.15, 0.2) is 42.5 Å². The van der Waals surface area contributed by atoms with E-state index in [1.807, 2.05) is 18.2 Å². The summed E-state index contributed by atoms with van der Waals surface area (Å²) < 4.78 is 0. The molecule has 0 aliphatic carbocycles. The van der Waals surface area contributed by atoms with E-state index in [0.29, 0.717) is 6.54 Å². The summed E-state index contributed by atoms with van der Waals surface area (Å²) in [6.07, 6.45) is 0. The van der Waals surface area contributed by atoms with Crippen molar-refractivity contribution in [1.29, 1.82) is 0 Å². The molecule has 2 nitrogen and oxygen atoms in total. The molecule has 100 valence electrons. The van der Waals surface area contributed by atoms with Gasteiger partial charge in [0, 0.05) is 20.1 Å². The molecule has 0 heterocycles. The summed E-state index contributed by atoms with van der Waals surface area (Å²) in [7, 11) is 2.05. The zero-order chi connectivity index (χ0) is 13.8. The molecule has 2 rings (SSSR count). The zero-order valence-electron chi connectivity index (χ0n) is 11.4. The number of nitrogens with zero attached hydrogens (tertiary/aromatic N) is 1. The predicted octanol–water partition coefficient (Wildman–Crippen LogP) is 3.74. The molecule has 19 heavy (non-hydrogen) atoms. The molecular formula is C16H19ClN2. The van der Waals surface area contributed by atoms with E-state index in [9.17, 15) is 0 Å². The summed E-state index contributed by atoms with van der Waals surface area (Å²) in [6.45, 7) is 3.48. The smallest absolute Gasteiger partial charge is 0.0642 e. The average molecular weight is 275 g/mol. The van der Waals surface area contributed by atoms with Gasteiger partial charge in [-0.05, 0) is 35.7 Å². The van der Waals surface area contributed by atoms with Crippen LogP contribution in [-0.4, -0.2) is 7.05 Å². The van der Waals surface area contributed by atoms with Crippen LogP contribution in [-0.2, 0) is 13.1 Å². The van der Waals surface area contributed by atoms with Crippen molar-refractivity contribution < 1.29 is 0 Å². The largest absolute Gasteiger partial charge is 0.369 e. The van der Waals surface area contributed by atoms with Crippen LogP contribution in [0.3, 0.4) is 0 Å². The molecule has 0 saturated carbocycles. The van der Waals surface area contributed by atoms with Crippen LogP contribution in [0.2, 0.25) is 5.02 Å². The van der Waals surface area contributed by atoms with Crippen LogP contribution in [0.4, 0.5) is 5.69 Å². The summed E-state index contributed by atoms with van der Waals surface area (Å²) in [6, 6.07) is 14.4. The quantitative estimate of drug-likeness (QED) is 0.920. The monoisotopic (exact) mass is 274 g/mol. The summed E-state index contributed by atoms with van der Waals surface area (Å²) in [5, 5.41) is 0.749. The van der Waals surface area contributed by atoms with Crippen molar-refractivity contribution in [1.82, 2.24) is 0 Å². The second kappa shape index (κ2) is 6.09. The molecule has 0 atom stereocenters. The lowest BCUT2D eigenvalue weighted by Crippen LogP contribution is -2.17. The highest BCUT2D eigenvalue weighted by Gasteiger charge is 2.08. The molecule has 0 aliphatic rings. The first-order chi connectivity index (χ1) is 9.11. The van der Waals surface area contributed by atoms with Gasteiger partial charge in [0.25, 0.3) is 0 Å². The van der Waals surface area contributed by atoms with Gasteiger partial charge in [0.15, 0.2) is 0 Å². The molecule has 2 aromatic carbocycles. The van der Waals surface area contributed by atoms with Crippen LogP contribution in [0.1, 0.15) is 16.7 Å². The highest BCUT2D eigenvalue weighted by Crippen LogP contribution is 2.27. The Balaban J connectivity index is 2.21. The maximum atomic E-state index is 6.31. The molecule has 0 bridgehead atoms. The van der Waals surface area contributed by atoms with Crippen molar-refractivity contribution in [3.05, 3.63) is 64.2 Å². The Morgan fingerprint density at radius 3 is 2.53 bits per heavy atom. The Hall–Kier alpha value is -1.51. The van der Waals surface area contributed by atoms with E-state index in [2.05, 4.69) is 43.1 Å². The summed E-state index contributed by atoms with van der Waals surface area (Å²) in [4.78, 5) is 2.16. The molecule has 0 amide bonds. The molecule has 0 spiro atoms. The van der Waals surface area contributed by atoms with Gasteiger partial charge in [-0.25, -0.2) is 0 Å². The molecule has 0 aliphatic heterocycles. The van der Waals surface area contributed by atoms with E-state index in [0.717, 1.165) is 22.8 Å². The van der Waals surface area contributed by atoms with Gasteiger partial charge in [-0.15, -0.1) is 0 Å². The normalized spacial score (nSPS) is 10.5. The van der Waals surface area contributed by atoms with Crippen molar-refractivity contribution in [3.63, 3.8) is 0 Å². The van der Waals surface area contributed by atoms with Crippen molar-refractivity contribution in [2.75, 3.05) is 11.9 Å². The second-order valence-corrected chi connectivity index (χ2v) is 5.18. The maximum Gasteiger partial charge on any atom is 0.0642 e. The molecule has 3 heteroatoms. The Morgan fingerprint density at radius 1 is 1.16 bits per heavy atom. The minimum absolute atomic E-state index is 0.515. The first-order valence-electron chi connectivity index (χ1n) is 6.36. The maximum absolute atomic E-state index is 6.31. The number of halogens is 1. The van der Waals surface area contributed by atoms with Gasteiger partial charge in [0.1, 0.15) is 0 Å². The molecule has 2 aromatic rings. The van der Waals surface area contributed by atoms with Gasteiger partial charge in [0.2, 0.25) is 0 Å². The molecule has 0 radical (unpaired) electrons. The van der Waals surface area contributed by atoms with Gasteiger partial charge in [0.05, 0.1) is 10.7 Å². The van der Waals surface area contributed by atoms with Crippen molar-refractivity contribution in [2.45, 2.75) is 20.0 Å². The van der Waals surface area contributed by atoms with Crippen LogP contribution in [0.5, 0.6) is 0 Å².